The molecule has 1 saturated heterocycles. The Hall–Kier alpha value is -2.98. The Labute approximate surface area is 200 Å². The number of imide groups is 1. The molecule has 0 spiro atoms. The highest BCUT2D eigenvalue weighted by Crippen LogP contribution is 2.19. The fraction of sp³-hybridized carbons (Fsp3) is 0.739. The molecule has 0 aromatic carbocycles. The summed E-state index contributed by atoms with van der Waals surface area (Å²) in [5, 5.41) is 7.87. The van der Waals surface area contributed by atoms with Crippen molar-refractivity contribution in [2.24, 2.45) is 17.6 Å². The monoisotopic (exact) mass is 481 g/mol. The maximum atomic E-state index is 12.8. The summed E-state index contributed by atoms with van der Waals surface area (Å²) < 4.78 is 0. The smallest absolute Gasteiger partial charge is 0.312 e. The van der Waals surface area contributed by atoms with Crippen LogP contribution in [-0.4, -0.2) is 65.5 Å². The fourth-order valence-corrected chi connectivity index (χ4v) is 3.75. The van der Waals surface area contributed by atoms with Crippen LogP contribution in [0.25, 0.3) is 0 Å². The van der Waals surface area contributed by atoms with Gasteiger partial charge in [0.25, 0.3) is 0 Å². The van der Waals surface area contributed by atoms with Crippen LogP contribution in [0.4, 0.5) is 4.79 Å². The van der Waals surface area contributed by atoms with Crippen LogP contribution in [0.1, 0.15) is 72.6 Å². The summed E-state index contributed by atoms with van der Waals surface area (Å²) in [7, 11) is 0. The summed E-state index contributed by atoms with van der Waals surface area (Å²) in [5.74, 6) is -1.66. The molecule has 1 aliphatic rings. The number of hydrogen-bond acceptors (Lipinski definition) is 6. The summed E-state index contributed by atoms with van der Waals surface area (Å²) in [4.78, 5) is 72.8. The predicted molar refractivity (Wildman–Crippen MR) is 125 cm³/mol. The van der Waals surface area contributed by atoms with E-state index >= 15 is 0 Å². The number of carbonyl (C=O) groups is 6. The van der Waals surface area contributed by atoms with Crippen LogP contribution in [0.5, 0.6) is 0 Å². The Morgan fingerprint density at radius 1 is 1.06 bits per heavy atom. The number of nitrogens with one attached hydrogen (secondary N) is 3. The highest BCUT2D eigenvalue weighted by molar-refractivity contribution is 6.03. The molecule has 0 radical (unpaired) electrons. The highest BCUT2D eigenvalue weighted by Gasteiger charge is 2.34. The minimum absolute atomic E-state index is 0.137. The molecule has 11 heteroatoms. The summed E-state index contributed by atoms with van der Waals surface area (Å²) in [6, 6.07) is -2.17. The fourth-order valence-electron chi connectivity index (χ4n) is 3.75. The van der Waals surface area contributed by atoms with Crippen LogP contribution in [0, 0.1) is 11.8 Å². The number of unbranched alkanes of at least 4 members (excludes halogenated alkanes) is 2. The van der Waals surface area contributed by atoms with Crippen LogP contribution < -0.4 is 21.7 Å². The van der Waals surface area contributed by atoms with Gasteiger partial charge in [0.05, 0.1) is 6.04 Å². The molecule has 1 heterocycles. The lowest BCUT2D eigenvalue weighted by Crippen LogP contribution is -2.53. The second-order valence-corrected chi connectivity index (χ2v) is 9.19. The number of primary amides is 1. The minimum Gasteiger partial charge on any atom is -0.352 e. The SMILES string of the molecule is CC(=O)[C@H](CCCNC(N)=O)NC(=O)[C@@H](NC(=O)CCCCCN1C(=O)CC(C)C1=O)C(C)C. The third kappa shape index (κ3) is 9.88. The Morgan fingerprint density at radius 3 is 2.26 bits per heavy atom. The van der Waals surface area contributed by atoms with Crippen molar-refractivity contribution in [2.75, 3.05) is 13.1 Å². The van der Waals surface area contributed by atoms with Gasteiger partial charge in [-0.05, 0) is 38.5 Å². The van der Waals surface area contributed by atoms with Crippen molar-refractivity contribution >= 4 is 35.4 Å². The van der Waals surface area contributed by atoms with Gasteiger partial charge in [-0.25, -0.2) is 4.79 Å². The Kier molecular flexibility index (Phi) is 12.2. The molecule has 192 valence electrons. The van der Waals surface area contributed by atoms with E-state index in [-0.39, 0.29) is 48.2 Å². The van der Waals surface area contributed by atoms with E-state index in [1.54, 1.807) is 20.8 Å². The van der Waals surface area contributed by atoms with E-state index in [1.807, 2.05) is 0 Å². The zero-order chi connectivity index (χ0) is 25.8. The number of ketones is 1. The molecule has 11 nitrogen and oxygen atoms in total. The zero-order valence-corrected chi connectivity index (χ0v) is 20.6. The van der Waals surface area contributed by atoms with Crippen molar-refractivity contribution in [3.63, 3.8) is 0 Å². The van der Waals surface area contributed by atoms with E-state index in [0.29, 0.717) is 45.2 Å². The molecule has 0 aliphatic carbocycles. The molecular formula is C23H39N5O6. The maximum Gasteiger partial charge on any atom is 0.312 e. The van der Waals surface area contributed by atoms with Crippen LogP contribution in [0.3, 0.4) is 0 Å². The maximum absolute atomic E-state index is 12.8. The van der Waals surface area contributed by atoms with Crippen molar-refractivity contribution in [3.05, 3.63) is 0 Å². The first kappa shape index (κ1) is 29.1. The van der Waals surface area contributed by atoms with E-state index in [1.165, 1.54) is 11.8 Å². The Bertz CT molecular complexity index is 769. The first-order chi connectivity index (χ1) is 15.9. The van der Waals surface area contributed by atoms with Gasteiger partial charge in [-0.15, -0.1) is 0 Å². The average molecular weight is 482 g/mol. The standard InChI is InChI=1S/C23H39N5O6/c1-14(2)20(21(32)26-17(16(4)29)9-8-11-25-23(24)34)27-18(30)10-6-5-7-12-28-19(31)13-15(3)22(28)33/h14-15,17,20H,5-13H2,1-4H3,(H,26,32)(H,27,30)(H3,24,25,34)/t15?,17-,20-/m0/s1. The van der Waals surface area contributed by atoms with E-state index in [4.69, 9.17) is 5.73 Å². The molecule has 1 fully saturated rings. The molecular weight excluding hydrogens is 442 g/mol. The molecule has 0 bridgehead atoms. The second-order valence-electron chi connectivity index (χ2n) is 9.19. The summed E-state index contributed by atoms with van der Waals surface area (Å²) >= 11 is 0. The van der Waals surface area contributed by atoms with Crippen LogP contribution in [0.2, 0.25) is 0 Å². The van der Waals surface area contributed by atoms with Gasteiger partial charge in [0, 0.05) is 31.8 Å². The number of carbonyl (C=O) groups excluding carboxylic acids is 6. The van der Waals surface area contributed by atoms with Gasteiger partial charge in [0.2, 0.25) is 23.6 Å². The van der Waals surface area contributed by atoms with Gasteiger partial charge >= 0.3 is 6.03 Å². The normalized spacial score (nSPS) is 17.4. The number of Topliss-reactive ketones (excluding diaryl/α,β-unsaturated/α-hetero) is 1. The first-order valence-electron chi connectivity index (χ1n) is 11.9. The summed E-state index contributed by atoms with van der Waals surface area (Å²) in [6.45, 7) is 7.37. The molecule has 0 aromatic rings. The number of amides is 6. The van der Waals surface area contributed by atoms with Gasteiger partial charge in [-0.3, -0.25) is 28.9 Å². The van der Waals surface area contributed by atoms with Crippen LogP contribution in [0.15, 0.2) is 0 Å². The topological polar surface area (TPSA) is 168 Å². The molecule has 0 saturated carbocycles. The van der Waals surface area contributed by atoms with Crippen LogP contribution in [-0.2, 0) is 24.0 Å². The Morgan fingerprint density at radius 2 is 1.74 bits per heavy atom. The van der Waals surface area contributed by atoms with Crippen LogP contribution >= 0.6 is 0 Å². The molecule has 5 N–H and O–H groups in total. The Balaban J connectivity index is 2.44. The third-order valence-corrected chi connectivity index (χ3v) is 5.80. The molecule has 1 aliphatic heterocycles. The van der Waals surface area contributed by atoms with Crippen molar-refractivity contribution in [1.29, 1.82) is 0 Å². The molecule has 1 rings (SSSR count). The largest absolute Gasteiger partial charge is 0.352 e. The van der Waals surface area contributed by atoms with Gasteiger partial charge < -0.3 is 21.7 Å². The summed E-state index contributed by atoms with van der Waals surface area (Å²) in [6.07, 6.45) is 3.12. The van der Waals surface area contributed by atoms with E-state index in [2.05, 4.69) is 16.0 Å². The van der Waals surface area contributed by atoms with Gasteiger partial charge in [-0.2, -0.15) is 0 Å². The third-order valence-electron chi connectivity index (χ3n) is 5.80. The zero-order valence-electron chi connectivity index (χ0n) is 20.6. The average Bonchev–Trinajstić information content (AvgIpc) is 2.98. The van der Waals surface area contributed by atoms with Crippen molar-refractivity contribution in [3.8, 4) is 0 Å². The molecule has 1 unspecified atom stereocenters. The quantitative estimate of drug-likeness (QED) is 0.197. The van der Waals surface area contributed by atoms with E-state index < -0.39 is 24.0 Å². The molecule has 6 amide bonds. The lowest BCUT2D eigenvalue weighted by atomic mass is 10.0. The molecule has 34 heavy (non-hydrogen) atoms. The van der Waals surface area contributed by atoms with Gasteiger partial charge in [0.1, 0.15) is 6.04 Å². The number of rotatable bonds is 15. The number of nitrogens with two attached hydrogens (primary N) is 1. The lowest BCUT2D eigenvalue weighted by Gasteiger charge is -2.24. The van der Waals surface area contributed by atoms with Crippen molar-refractivity contribution < 1.29 is 28.8 Å². The second kappa shape index (κ2) is 14.3. The number of urea groups is 1. The summed E-state index contributed by atoms with van der Waals surface area (Å²) in [5.41, 5.74) is 5.01. The highest BCUT2D eigenvalue weighted by atomic mass is 16.2. The first-order valence-corrected chi connectivity index (χ1v) is 11.9. The van der Waals surface area contributed by atoms with E-state index in [0.717, 1.165) is 0 Å². The predicted octanol–water partition coefficient (Wildman–Crippen LogP) is 0.605. The number of nitrogens with zero attached hydrogens (tertiary/aromatic N) is 1. The lowest BCUT2D eigenvalue weighted by molar-refractivity contribution is -0.139. The number of hydrogen-bond donors (Lipinski definition) is 4. The van der Waals surface area contributed by atoms with E-state index in [9.17, 15) is 28.8 Å². The molecule has 3 atom stereocenters. The molecule has 0 aromatic heterocycles. The van der Waals surface area contributed by atoms with Gasteiger partial charge in [0.15, 0.2) is 5.78 Å². The number of likely N-dealkylation sites (tertiary alicyclic amines) is 1. The van der Waals surface area contributed by atoms with Crippen molar-refractivity contribution in [1.82, 2.24) is 20.9 Å². The van der Waals surface area contributed by atoms with Crippen molar-refractivity contribution in [2.45, 2.75) is 84.7 Å². The minimum atomic E-state index is -0.792. The van der Waals surface area contributed by atoms with Gasteiger partial charge in [-0.1, -0.05) is 27.2 Å².